The first-order valence-corrected chi connectivity index (χ1v) is 11.2. The van der Waals surface area contributed by atoms with Crippen LogP contribution in [-0.4, -0.2) is 59.2 Å². The minimum atomic E-state index is -1.20. The monoisotopic (exact) mass is 392 g/mol. The normalized spacial score (nSPS) is 30.0. The van der Waals surface area contributed by atoms with E-state index >= 15 is 0 Å². The van der Waals surface area contributed by atoms with Gasteiger partial charge < -0.3 is 4.74 Å². The third-order valence-corrected chi connectivity index (χ3v) is 6.73. The lowest BCUT2D eigenvalue weighted by Gasteiger charge is -2.49. The molecule has 0 spiro atoms. The molecule has 28 heavy (non-hydrogen) atoms. The van der Waals surface area contributed by atoms with Crippen LogP contribution < -0.4 is 0 Å². The van der Waals surface area contributed by atoms with Gasteiger partial charge >= 0.3 is 0 Å². The number of hydroxylamine groups is 2. The van der Waals surface area contributed by atoms with Crippen molar-refractivity contribution in [3.8, 4) is 0 Å². The van der Waals surface area contributed by atoms with Crippen molar-refractivity contribution in [2.45, 2.75) is 89.2 Å². The summed E-state index contributed by atoms with van der Waals surface area (Å²) in [6.45, 7) is 10.9. The molecule has 0 saturated carbocycles. The highest BCUT2D eigenvalue weighted by atomic mass is 16.8. The minimum Gasteiger partial charge on any atom is -0.379 e. The summed E-state index contributed by atoms with van der Waals surface area (Å²) in [7, 11) is 0. The van der Waals surface area contributed by atoms with Crippen LogP contribution in [0, 0.1) is 0 Å². The lowest BCUT2D eigenvalue weighted by Crippen LogP contribution is -2.70. The molecule has 6 nitrogen and oxygen atoms in total. The Bertz CT molecular complexity index is 601. The number of rotatable bonds is 12. The SMILES string of the molecule is C=C(CCCCCCCCCC)C12ON(C1=O)C(=O)C2(CC)N1CCOCC1. The summed E-state index contributed by atoms with van der Waals surface area (Å²) >= 11 is 0. The molecule has 158 valence electrons. The molecule has 2 unspecified atom stereocenters. The van der Waals surface area contributed by atoms with E-state index in [2.05, 4.69) is 18.4 Å². The topological polar surface area (TPSA) is 59.1 Å². The molecule has 0 aromatic rings. The van der Waals surface area contributed by atoms with Gasteiger partial charge in [0.2, 0.25) is 5.60 Å². The second-order valence-electron chi connectivity index (χ2n) is 8.32. The summed E-state index contributed by atoms with van der Waals surface area (Å²) < 4.78 is 5.47. The van der Waals surface area contributed by atoms with Crippen LogP contribution in [0.3, 0.4) is 0 Å². The highest BCUT2D eigenvalue weighted by Gasteiger charge is 2.82. The van der Waals surface area contributed by atoms with Gasteiger partial charge in [-0.15, -0.1) is 5.06 Å². The zero-order valence-corrected chi connectivity index (χ0v) is 17.6. The van der Waals surface area contributed by atoms with Crippen molar-refractivity contribution < 1.29 is 19.2 Å². The van der Waals surface area contributed by atoms with Gasteiger partial charge in [-0.05, 0) is 24.8 Å². The molecule has 6 heteroatoms. The fourth-order valence-electron chi connectivity index (χ4n) is 5.11. The van der Waals surface area contributed by atoms with E-state index in [0.717, 1.165) is 29.9 Å². The first-order valence-electron chi connectivity index (χ1n) is 11.2. The number of unbranched alkanes of at least 4 members (excludes halogenated alkanes) is 7. The van der Waals surface area contributed by atoms with Gasteiger partial charge in [0.25, 0.3) is 11.8 Å². The van der Waals surface area contributed by atoms with Gasteiger partial charge in [-0.25, -0.2) is 4.84 Å². The van der Waals surface area contributed by atoms with Crippen LogP contribution in [0.1, 0.15) is 78.1 Å². The number of hydrogen-bond donors (Lipinski definition) is 0. The number of carbonyl (C=O) groups excluding carboxylic acids is 2. The van der Waals surface area contributed by atoms with Crippen molar-refractivity contribution >= 4 is 11.8 Å². The molecular formula is C22H36N2O4. The first-order chi connectivity index (χ1) is 13.6. The van der Waals surface area contributed by atoms with Crippen molar-refractivity contribution in [2.24, 2.45) is 0 Å². The van der Waals surface area contributed by atoms with Crippen LogP contribution in [0.5, 0.6) is 0 Å². The summed E-state index contributed by atoms with van der Waals surface area (Å²) in [4.78, 5) is 33.9. The van der Waals surface area contributed by atoms with Gasteiger partial charge in [0.1, 0.15) is 5.54 Å². The second-order valence-corrected chi connectivity index (χ2v) is 8.32. The molecule has 0 radical (unpaired) electrons. The molecule has 4 saturated heterocycles. The van der Waals surface area contributed by atoms with Crippen LogP contribution in [0.4, 0.5) is 0 Å². The molecule has 2 atom stereocenters. The molecular weight excluding hydrogens is 356 g/mol. The van der Waals surface area contributed by atoms with Gasteiger partial charge in [0.05, 0.1) is 13.2 Å². The molecule has 2 bridgehead atoms. The standard InChI is InChI=1S/C22H36N2O4/c1-4-6-7-8-9-10-11-12-13-18(3)22-20(26)24(28-22)19(25)21(22,5-2)23-14-16-27-17-15-23/h3-17H2,1-2H3. The Balaban J connectivity index is 1.61. The molecule has 4 aliphatic rings. The summed E-state index contributed by atoms with van der Waals surface area (Å²) in [6.07, 6.45) is 11.1. The first kappa shape index (κ1) is 21.5. The van der Waals surface area contributed by atoms with E-state index in [1.54, 1.807) is 0 Å². The number of fused-ring (bicyclic) bond motifs is 1. The summed E-state index contributed by atoms with van der Waals surface area (Å²) in [5.74, 6) is -0.450. The Hall–Kier alpha value is -1.24. The number of imide groups is 1. The van der Waals surface area contributed by atoms with E-state index in [4.69, 9.17) is 9.57 Å². The maximum absolute atomic E-state index is 13.1. The van der Waals surface area contributed by atoms with Crippen LogP contribution >= 0.6 is 0 Å². The van der Waals surface area contributed by atoms with E-state index in [0.29, 0.717) is 32.7 Å². The predicted octanol–water partition coefficient (Wildman–Crippen LogP) is 3.61. The summed E-state index contributed by atoms with van der Waals surface area (Å²) in [5, 5.41) is 0.970. The number of ether oxygens (including phenoxy) is 1. The summed E-state index contributed by atoms with van der Waals surface area (Å²) in [5.41, 5.74) is -1.39. The Kier molecular flexibility index (Phi) is 6.94. The molecule has 4 heterocycles. The van der Waals surface area contributed by atoms with E-state index in [1.165, 1.54) is 38.5 Å². The van der Waals surface area contributed by atoms with E-state index in [1.807, 2.05) is 6.92 Å². The van der Waals surface area contributed by atoms with Crippen molar-refractivity contribution in [3.05, 3.63) is 12.2 Å². The largest absolute Gasteiger partial charge is 0.379 e. The lowest BCUT2D eigenvalue weighted by molar-refractivity contribution is -0.265. The Morgan fingerprint density at radius 3 is 2.14 bits per heavy atom. The second kappa shape index (κ2) is 9.06. The molecule has 4 aliphatic heterocycles. The maximum atomic E-state index is 13.1. The predicted molar refractivity (Wildman–Crippen MR) is 107 cm³/mol. The Morgan fingerprint density at radius 2 is 1.57 bits per heavy atom. The van der Waals surface area contributed by atoms with Crippen molar-refractivity contribution in [3.63, 3.8) is 0 Å². The van der Waals surface area contributed by atoms with Crippen molar-refractivity contribution in [1.82, 2.24) is 9.96 Å². The fourth-order valence-corrected chi connectivity index (χ4v) is 5.11. The van der Waals surface area contributed by atoms with Gasteiger partial charge in [-0.3, -0.25) is 14.5 Å². The Morgan fingerprint density at radius 1 is 0.964 bits per heavy atom. The van der Waals surface area contributed by atoms with Crippen LogP contribution in [-0.2, 0) is 19.2 Å². The highest BCUT2D eigenvalue weighted by molar-refractivity contribution is 6.18. The van der Waals surface area contributed by atoms with Crippen molar-refractivity contribution in [2.75, 3.05) is 26.3 Å². The van der Waals surface area contributed by atoms with Crippen LogP contribution in [0.15, 0.2) is 12.2 Å². The lowest BCUT2D eigenvalue weighted by atomic mass is 9.72. The van der Waals surface area contributed by atoms with Crippen LogP contribution in [0.25, 0.3) is 0 Å². The zero-order valence-electron chi connectivity index (χ0n) is 17.6. The van der Waals surface area contributed by atoms with Gasteiger partial charge in [-0.1, -0.05) is 65.4 Å². The third-order valence-electron chi connectivity index (χ3n) is 6.73. The highest BCUT2D eigenvalue weighted by Crippen LogP contribution is 2.56. The molecule has 0 aliphatic carbocycles. The molecule has 0 N–H and O–H groups in total. The maximum Gasteiger partial charge on any atom is 0.295 e. The van der Waals surface area contributed by atoms with E-state index in [9.17, 15) is 9.59 Å². The minimum absolute atomic E-state index is 0.223. The summed E-state index contributed by atoms with van der Waals surface area (Å²) in [6, 6.07) is 0. The van der Waals surface area contributed by atoms with Gasteiger partial charge in [0.15, 0.2) is 0 Å². The average molecular weight is 393 g/mol. The number of carbonyl (C=O) groups is 2. The number of nitrogens with zero attached hydrogens (tertiary/aromatic N) is 2. The third kappa shape index (κ3) is 3.23. The smallest absolute Gasteiger partial charge is 0.295 e. The van der Waals surface area contributed by atoms with Gasteiger partial charge in [-0.2, -0.15) is 0 Å². The number of hydrogen-bond acceptors (Lipinski definition) is 5. The fraction of sp³-hybridized carbons (Fsp3) is 0.818. The molecule has 0 aromatic heterocycles. The van der Waals surface area contributed by atoms with Gasteiger partial charge in [0, 0.05) is 13.1 Å². The number of amides is 2. The molecule has 2 amide bonds. The average Bonchev–Trinajstić information content (AvgIpc) is 3.10. The number of morpholine rings is 1. The molecule has 4 rings (SSSR count). The quantitative estimate of drug-likeness (QED) is 0.288. The Labute approximate surface area is 169 Å². The van der Waals surface area contributed by atoms with E-state index in [-0.39, 0.29) is 11.8 Å². The van der Waals surface area contributed by atoms with Crippen molar-refractivity contribution in [1.29, 1.82) is 0 Å². The van der Waals surface area contributed by atoms with Crippen LogP contribution in [0.2, 0.25) is 0 Å². The molecule has 0 aromatic carbocycles. The molecule has 4 fully saturated rings. The zero-order chi connectivity index (χ0) is 20.2. The van der Waals surface area contributed by atoms with E-state index < -0.39 is 11.1 Å².